The summed E-state index contributed by atoms with van der Waals surface area (Å²) in [6.07, 6.45) is 4.77. The van der Waals surface area contributed by atoms with Crippen LogP contribution in [0, 0.1) is 0 Å². The van der Waals surface area contributed by atoms with Crippen LogP contribution in [0.25, 0.3) is 16.9 Å². The van der Waals surface area contributed by atoms with Crippen LogP contribution >= 0.6 is 11.6 Å². The molecule has 2 atom stereocenters. The van der Waals surface area contributed by atoms with Gasteiger partial charge in [0, 0.05) is 48.5 Å². The molecule has 0 aliphatic carbocycles. The van der Waals surface area contributed by atoms with Gasteiger partial charge in [0.05, 0.1) is 11.4 Å². The molecule has 5 heteroatoms. The minimum atomic E-state index is 0.650. The molecular weight excluding hydrogens is 344 g/mol. The average molecular weight is 367 g/mol. The lowest BCUT2D eigenvalue weighted by Crippen LogP contribution is -2.60. The molecule has 1 aromatic carbocycles. The van der Waals surface area contributed by atoms with Gasteiger partial charge in [-0.15, -0.1) is 0 Å². The van der Waals surface area contributed by atoms with Crippen molar-refractivity contribution in [2.24, 2.45) is 0 Å². The van der Waals surface area contributed by atoms with Crippen molar-refractivity contribution in [1.29, 1.82) is 0 Å². The van der Waals surface area contributed by atoms with E-state index in [4.69, 9.17) is 16.6 Å². The van der Waals surface area contributed by atoms with Crippen molar-refractivity contribution >= 4 is 17.2 Å². The number of hydrogen-bond donors (Lipinski definition) is 0. The average Bonchev–Trinajstić information content (AvgIpc) is 3.02. The molecule has 3 aromatic rings. The van der Waals surface area contributed by atoms with E-state index in [9.17, 15) is 0 Å². The first-order valence-electron chi connectivity index (χ1n) is 9.35. The highest BCUT2D eigenvalue weighted by atomic mass is 35.5. The van der Waals surface area contributed by atoms with Crippen molar-refractivity contribution < 1.29 is 0 Å². The molecule has 0 saturated carbocycles. The Hall–Kier alpha value is -1.88. The van der Waals surface area contributed by atoms with Gasteiger partial charge in [0.25, 0.3) is 0 Å². The molecule has 0 amide bonds. The summed E-state index contributed by atoms with van der Waals surface area (Å²) in [4.78, 5) is 10.1. The van der Waals surface area contributed by atoms with Gasteiger partial charge in [0.1, 0.15) is 5.65 Å². The van der Waals surface area contributed by atoms with E-state index >= 15 is 0 Å². The van der Waals surface area contributed by atoms with Crippen LogP contribution in [-0.2, 0) is 6.54 Å². The van der Waals surface area contributed by atoms with Gasteiger partial charge < -0.3 is 9.30 Å². The van der Waals surface area contributed by atoms with Crippen LogP contribution in [0.2, 0.25) is 5.02 Å². The summed E-state index contributed by atoms with van der Waals surface area (Å²) >= 11 is 6.09. The summed E-state index contributed by atoms with van der Waals surface area (Å²) < 4.78 is 2.25. The predicted molar refractivity (Wildman–Crippen MR) is 105 cm³/mol. The largest absolute Gasteiger partial charge is 0.302 e. The highest BCUT2D eigenvalue weighted by Gasteiger charge is 2.37. The topological polar surface area (TPSA) is 23.8 Å². The summed E-state index contributed by atoms with van der Waals surface area (Å²) in [6, 6.07) is 15.6. The third-order valence-corrected chi connectivity index (χ3v) is 6.27. The van der Waals surface area contributed by atoms with E-state index in [-0.39, 0.29) is 0 Å². The molecule has 0 radical (unpaired) electrons. The molecule has 26 heavy (non-hydrogen) atoms. The summed E-state index contributed by atoms with van der Waals surface area (Å²) in [5, 5.41) is 0.760. The second-order valence-corrected chi connectivity index (χ2v) is 8.03. The minimum absolute atomic E-state index is 0.650. The molecule has 2 bridgehead atoms. The molecule has 3 fully saturated rings. The number of fused-ring (bicyclic) bond motifs is 4. The predicted octanol–water partition coefficient (Wildman–Crippen LogP) is 3.93. The van der Waals surface area contributed by atoms with E-state index in [1.54, 1.807) is 0 Å². The molecule has 3 saturated heterocycles. The van der Waals surface area contributed by atoms with Crippen LogP contribution in [0.4, 0.5) is 0 Å². The Morgan fingerprint density at radius 2 is 1.85 bits per heavy atom. The summed E-state index contributed by atoms with van der Waals surface area (Å²) in [6.45, 7) is 3.27. The third-order valence-electron chi connectivity index (χ3n) is 6.02. The maximum Gasteiger partial charge on any atom is 0.137 e. The molecule has 0 unspecified atom stereocenters. The fraction of sp³-hybridized carbons (Fsp3) is 0.381. The highest BCUT2D eigenvalue weighted by Crippen LogP contribution is 2.32. The lowest BCUT2D eigenvalue weighted by Gasteiger charge is -2.50. The number of aromatic nitrogens is 2. The molecular formula is C21H23ClN4. The number of imidazole rings is 1. The Morgan fingerprint density at radius 3 is 2.58 bits per heavy atom. The van der Waals surface area contributed by atoms with Crippen molar-refractivity contribution in [1.82, 2.24) is 19.2 Å². The molecule has 3 aliphatic rings. The SMILES string of the molecule is CN1C[C@@H]2CC[C@H]1CN2Cc1c(-c2ccc(Cl)cc2)nc2ccccn12. The van der Waals surface area contributed by atoms with Crippen molar-refractivity contribution in [3.63, 3.8) is 0 Å². The Morgan fingerprint density at radius 1 is 1.04 bits per heavy atom. The normalized spacial score (nSPS) is 23.8. The number of nitrogens with zero attached hydrogens (tertiary/aromatic N) is 4. The van der Waals surface area contributed by atoms with E-state index in [0.717, 1.165) is 35.0 Å². The second kappa shape index (κ2) is 6.38. The number of halogens is 1. The van der Waals surface area contributed by atoms with Gasteiger partial charge in [0.2, 0.25) is 0 Å². The third kappa shape index (κ3) is 2.73. The van der Waals surface area contributed by atoms with E-state index < -0.39 is 0 Å². The zero-order chi connectivity index (χ0) is 17.7. The van der Waals surface area contributed by atoms with Crippen molar-refractivity contribution in [3.8, 4) is 11.3 Å². The van der Waals surface area contributed by atoms with Gasteiger partial charge in [-0.25, -0.2) is 4.98 Å². The maximum atomic E-state index is 6.09. The number of likely N-dealkylation sites (N-methyl/N-ethyl adjacent to an activating group) is 1. The Bertz CT molecular complexity index is 933. The van der Waals surface area contributed by atoms with E-state index in [1.165, 1.54) is 25.1 Å². The summed E-state index contributed by atoms with van der Waals surface area (Å²) in [5.74, 6) is 0. The van der Waals surface area contributed by atoms with Gasteiger partial charge in [0.15, 0.2) is 0 Å². The first-order valence-corrected chi connectivity index (χ1v) is 9.73. The molecule has 0 N–H and O–H groups in total. The number of pyridine rings is 1. The zero-order valence-electron chi connectivity index (χ0n) is 15.0. The molecule has 6 rings (SSSR count). The summed E-state index contributed by atoms with van der Waals surface area (Å²) in [7, 11) is 2.27. The van der Waals surface area contributed by atoms with Gasteiger partial charge in [-0.05, 0) is 44.2 Å². The maximum absolute atomic E-state index is 6.09. The van der Waals surface area contributed by atoms with E-state index in [1.807, 2.05) is 12.1 Å². The number of piperazine rings is 1. The first kappa shape index (κ1) is 16.3. The van der Waals surface area contributed by atoms with E-state index in [0.29, 0.717) is 12.1 Å². The molecule has 3 aliphatic heterocycles. The number of hydrogen-bond acceptors (Lipinski definition) is 3. The summed E-state index contributed by atoms with van der Waals surface area (Å²) in [5.41, 5.74) is 4.49. The highest BCUT2D eigenvalue weighted by molar-refractivity contribution is 6.30. The van der Waals surface area contributed by atoms with Gasteiger partial charge >= 0.3 is 0 Å². The molecule has 5 heterocycles. The van der Waals surface area contributed by atoms with Crippen LogP contribution < -0.4 is 0 Å². The van der Waals surface area contributed by atoms with Gasteiger partial charge in [-0.1, -0.05) is 29.8 Å². The number of benzene rings is 1. The molecule has 134 valence electrons. The monoisotopic (exact) mass is 366 g/mol. The lowest BCUT2D eigenvalue weighted by atomic mass is 9.91. The van der Waals surface area contributed by atoms with Crippen molar-refractivity contribution in [2.45, 2.75) is 31.5 Å². The molecule has 2 aromatic heterocycles. The minimum Gasteiger partial charge on any atom is -0.302 e. The second-order valence-electron chi connectivity index (χ2n) is 7.60. The van der Waals surface area contributed by atoms with Crippen LogP contribution in [0.1, 0.15) is 18.5 Å². The Balaban J connectivity index is 1.56. The molecule has 0 spiro atoms. The van der Waals surface area contributed by atoms with Crippen LogP contribution in [0.3, 0.4) is 0 Å². The van der Waals surface area contributed by atoms with Crippen LogP contribution in [0.15, 0.2) is 48.7 Å². The Kier molecular flexibility index (Phi) is 4.00. The molecule has 4 nitrogen and oxygen atoms in total. The Labute approximate surface area is 159 Å². The first-order chi connectivity index (χ1) is 12.7. The van der Waals surface area contributed by atoms with Crippen molar-refractivity contribution in [3.05, 3.63) is 59.4 Å². The number of piperidine rings is 2. The lowest BCUT2D eigenvalue weighted by molar-refractivity contribution is -0.0117. The van der Waals surface area contributed by atoms with E-state index in [2.05, 4.69) is 57.8 Å². The smallest absolute Gasteiger partial charge is 0.137 e. The standard InChI is InChI=1S/C21H23ClN4/c1-24-12-18-10-9-17(24)13-25(18)14-19-21(15-5-7-16(22)8-6-15)23-20-4-2-3-11-26(19)20/h2-8,11,17-18H,9-10,12-14H2,1H3/t17-,18-/m0/s1. The van der Waals surface area contributed by atoms with Gasteiger partial charge in [-0.3, -0.25) is 4.90 Å². The fourth-order valence-corrected chi connectivity index (χ4v) is 4.68. The fourth-order valence-electron chi connectivity index (χ4n) is 4.55. The van der Waals surface area contributed by atoms with Crippen molar-refractivity contribution in [2.75, 3.05) is 20.1 Å². The van der Waals surface area contributed by atoms with Crippen LogP contribution in [-0.4, -0.2) is 51.4 Å². The van der Waals surface area contributed by atoms with Gasteiger partial charge in [-0.2, -0.15) is 0 Å². The zero-order valence-corrected chi connectivity index (χ0v) is 15.7. The quantitative estimate of drug-likeness (QED) is 0.701. The van der Waals surface area contributed by atoms with Crippen LogP contribution in [0.5, 0.6) is 0 Å². The number of rotatable bonds is 3.